The van der Waals surface area contributed by atoms with Crippen LogP contribution >= 0.6 is 11.6 Å². The van der Waals surface area contributed by atoms with Crippen molar-refractivity contribution < 1.29 is 4.39 Å². The van der Waals surface area contributed by atoms with Crippen molar-refractivity contribution in [1.82, 2.24) is 14.8 Å². The Balaban J connectivity index is 2.47. The first-order chi connectivity index (χ1) is 6.27. The number of aromatic nitrogens is 3. The van der Waals surface area contributed by atoms with Crippen LogP contribution in [0.2, 0.25) is 5.28 Å². The number of hydrogen-bond acceptors (Lipinski definition) is 2. The van der Waals surface area contributed by atoms with Gasteiger partial charge in [-0.3, -0.25) is 0 Å². The Hall–Kier alpha value is -1.42. The molecule has 0 unspecified atom stereocenters. The second kappa shape index (κ2) is 3.14. The van der Waals surface area contributed by atoms with E-state index < -0.39 is 0 Å². The van der Waals surface area contributed by atoms with E-state index in [9.17, 15) is 4.39 Å². The molecular weight excluding hydrogens is 193 g/mol. The molecule has 2 rings (SSSR count). The molecule has 0 aliphatic carbocycles. The SMILES string of the molecule is Fc1ccc(-n2ncnc2Cl)cc1. The average molecular weight is 198 g/mol. The first kappa shape index (κ1) is 8.19. The molecule has 13 heavy (non-hydrogen) atoms. The number of hydrogen-bond donors (Lipinski definition) is 0. The van der Waals surface area contributed by atoms with Gasteiger partial charge in [-0.1, -0.05) is 0 Å². The molecule has 5 heteroatoms. The van der Waals surface area contributed by atoms with Gasteiger partial charge in [0.15, 0.2) is 0 Å². The van der Waals surface area contributed by atoms with Gasteiger partial charge in [0.05, 0.1) is 5.69 Å². The van der Waals surface area contributed by atoms with E-state index in [1.807, 2.05) is 0 Å². The molecule has 0 bridgehead atoms. The number of halogens is 2. The Bertz CT molecular complexity index is 410. The van der Waals surface area contributed by atoms with Crippen molar-refractivity contribution in [1.29, 1.82) is 0 Å². The largest absolute Gasteiger partial charge is 0.225 e. The fraction of sp³-hybridized carbons (Fsp3) is 0. The van der Waals surface area contributed by atoms with Crippen molar-refractivity contribution in [3.63, 3.8) is 0 Å². The van der Waals surface area contributed by atoms with Crippen molar-refractivity contribution in [3.8, 4) is 5.69 Å². The Kier molecular flexibility index (Phi) is 1.98. The first-order valence-electron chi connectivity index (χ1n) is 3.59. The molecule has 0 fully saturated rings. The van der Waals surface area contributed by atoms with Gasteiger partial charge >= 0.3 is 0 Å². The summed E-state index contributed by atoms with van der Waals surface area (Å²) in [7, 11) is 0. The Labute approximate surface area is 78.8 Å². The predicted molar refractivity (Wildman–Crippen MR) is 46.3 cm³/mol. The summed E-state index contributed by atoms with van der Waals surface area (Å²) in [5.41, 5.74) is 0.684. The highest BCUT2D eigenvalue weighted by Gasteiger charge is 2.02. The van der Waals surface area contributed by atoms with Crippen LogP contribution in [0.4, 0.5) is 4.39 Å². The lowest BCUT2D eigenvalue weighted by Crippen LogP contribution is -1.95. The zero-order chi connectivity index (χ0) is 9.26. The lowest BCUT2D eigenvalue weighted by Gasteiger charge is -1.99. The zero-order valence-corrected chi connectivity index (χ0v) is 7.24. The van der Waals surface area contributed by atoms with Crippen molar-refractivity contribution in [2.24, 2.45) is 0 Å². The van der Waals surface area contributed by atoms with E-state index in [4.69, 9.17) is 11.6 Å². The molecular formula is C8H5ClFN3. The molecule has 1 aromatic heterocycles. The van der Waals surface area contributed by atoms with E-state index in [2.05, 4.69) is 10.1 Å². The summed E-state index contributed by atoms with van der Waals surface area (Å²) in [6, 6.07) is 5.84. The molecule has 2 aromatic rings. The quantitative estimate of drug-likeness (QED) is 0.701. The third-order valence-corrected chi connectivity index (χ3v) is 1.84. The second-order valence-corrected chi connectivity index (χ2v) is 2.76. The van der Waals surface area contributed by atoms with E-state index in [1.165, 1.54) is 23.1 Å². The standard InChI is InChI=1S/C8H5ClFN3/c9-8-11-5-12-13(8)7-3-1-6(10)2-4-7/h1-5H. The van der Waals surface area contributed by atoms with E-state index in [0.717, 1.165) is 0 Å². The molecule has 66 valence electrons. The maximum atomic E-state index is 12.6. The lowest BCUT2D eigenvalue weighted by atomic mass is 10.3. The molecule has 0 atom stereocenters. The van der Waals surface area contributed by atoms with Crippen LogP contribution in [0.1, 0.15) is 0 Å². The minimum Gasteiger partial charge on any atom is -0.207 e. The van der Waals surface area contributed by atoms with Crippen LogP contribution in [0.3, 0.4) is 0 Å². The molecule has 1 aromatic carbocycles. The van der Waals surface area contributed by atoms with E-state index in [-0.39, 0.29) is 11.1 Å². The van der Waals surface area contributed by atoms with Gasteiger partial charge in [0.2, 0.25) is 5.28 Å². The summed E-state index contributed by atoms with van der Waals surface area (Å²) in [6.07, 6.45) is 1.34. The highest BCUT2D eigenvalue weighted by atomic mass is 35.5. The maximum absolute atomic E-state index is 12.6. The van der Waals surface area contributed by atoms with Crippen LogP contribution in [-0.4, -0.2) is 14.8 Å². The Morgan fingerprint density at radius 1 is 1.23 bits per heavy atom. The average Bonchev–Trinajstić information content (AvgIpc) is 2.53. The minimum absolute atomic E-state index is 0.256. The fourth-order valence-electron chi connectivity index (χ4n) is 0.983. The monoisotopic (exact) mass is 197 g/mol. The highest BCUT2D eigenvalue weighted by molar-refractivity contribution is 6.28. The van der Waals surface area contributed by atoms with E-state index in [1.54, 1.807) is 12.1 Å². The lowest BCUT2D eigenvalue weighted by molar-refractivity contribution is 0.627. The topological polar surface area (TPSA) is 30.7 Å². The van der Waals surface area contributed by atoms with Gasteiger partial charge in [0.25, 0.3) is 0 Å². The van der Waals surface area contributed by atoms with Gasteiger partial charge in [-0.25, -0.2) is 14.1 Å². The van der Waals surface area contributed by atoms with Gasteiger partial charge in [-0.15, -0.1) is 0 Å². The third-order valence-electron chi connectivity index (χ3n) is 1.58. The second-order valence-electron chi connectivity index (χ2n) is 2.42. The summed E-state index contributed by atoms with van der Waals surface area (Å²) in [5, 5.41) is 4.12. The van der Waals surface area contributed by atoms with Crippen molar-refractivity contribution in [2.75, 3.05) is 0 Å². The smallest absolute Gasteiger partial charge is 0.207 e. The molecule has 1 heterocycles. The molecule has 0 aliphatic rings. The first-order valence-corrected chi connectivity index (χ1v) is 3.96. The summed E-state index contributed by atoms with van der Waals surface area (Å²) < 4.78 is 14.0. The number of rotatable bonds is 1. The van der Waals surface area contributed by atoms with Crippen LogP contribution in [0, 0.1) is 5.82 Å². The summed E-state index contributed by atoms with van der Waals surface area (Å²) in [4.78, 5) is 3.74. The molecule has 3 nitrogen and oxygen atoms in total. The summed E-state index contributed by atoms with van der Waals surface area (Å²) in [6.45, 7) is 0. The molecule has 0 aliphatic heterocycles. The van der Waals surface area contributed by atoms with Crippen LogP contribution in [0.25, 0.3) is 5.69 Å². The van der Waals surface area contributed by atoms with Crippen LogP contribution < -0.4 is 0 Å². The fourth-order valence-corrected chi connectivity index (χ4v) is 1.17. The highest BCUT2D eigenvalue weighted by Crippen LogP contribution is 2.12. The van der Waals surface area contributed by atoms with Gasteiger partial charge in [0, 0.05) is 0 Å². The Morgan fingerprint density at radius 2 is 1.92 bits per heavy atom. The van der Waals surface area contributed by atoms with Gasteiger partial charge in [-0.05, 0) is 35.9 Å². The number of benzene rings is 1. The number of nitrogens with zero attached hydrogens (tertiary/aromatic N) is 3. The molecule has 0 radical (unpaired) electrons. The zero-order valence-electron chi connectivity index (χ0n) is 6.48. The predicted octanol–water partition coefficient (Wildman–Crippen LogP) is 2.06. The molecule has 0 N–H and O–H groups in total. The van der Waals surface area contributed by atoms with Crippen molar-refractivity contribution >= 4 is 11.6 Å². The maximum Gasteiger partial charge on any atom is 0.225 e. The van der Waals surface area contributed by atoms with Crippen molar-refractivity contribution in [2.45, 2.75) is 0 Å². The third kappa shape index (κ3) is 1.53. The van der Waals surface area contributed by atoms with Gasteiger partial charge in [0.1, 0.15) is 12.1 Å². The van der Waals surface area contributed by atoms with E-state index in [0.29, 0.717) is 5.69 Å². The molecule has 0 spiro atoms. The Morgan fingerprint density at radius 3 is 2.46 bits per heavy atom. The van der Waals surface area contributed by atoms with Crippen LogP contribution in [0.5, 0.6) is 0 Å². The van der Waals surface area contributed by atoms with Crippen LogP contribution in [-0.2, 0) is 0 Å². The van der Waals surface area contributed by atoms with E-state index >= 15 is 0 Å². The molecule has 0 saturated heterocycles. The van der Waals surface area contributed by atoms with Gasteiger partial charge < -0.3 is 0 Å². The summed E-state index contributed by atoms with van der Waals surface area (Å²) >= 11 is 5.71. The molecule has 0 amide bonds. The van der Waals surface area contributed by atoms with Crippen LogP contribution in [0.15, 0.2) is 30.6 Å². The minimum atomic E-state index is -0.292. The molecule has 0 saturated carbocycles. The van der Waals surface area contributed by atoms with Crippen molar-refractivity contribution in [3.05, 3.63) is 41.7 Å². The summed E-state index contributed by atoms with van der Waals surface area (Å²) in [5.74, 6) is -0.292. The normalized spacial score (nSPS) is 10.3. The van der Waals surface area contributed by atoms with Gasteiger partial charge in [-0.2, -0.15) is 5.10 Å².